The first-order valence-electron chi connectivity index (χ1n) is 16.1. The van der Waals surface area contributed by atoms with Gasteiger partial charge in [-0.2, -0.15) is 0 Å². The number of unbranched alkanes of at least 4 members (excludes halogenated alkanes) is 2. The van der Waals surface area contributed by atoms with Crippen molar-refractivity contribution in [1.82, 2.24) is 9.80 Å². The number of halogens is 2. The second-order valence-corrected chi connectivity index (χ2v) is 12.2. The van der Waals surface area contributed by atoms with Gasteiger partial charge in [-0.25, -0.2) is 13.6 Å². The molecule has 1 saturated heterocycles. The number of urea groups is 1. The molecule has 4 amide bonds. The maximum Gasteiger partial charge on any atom is 0.333 e. The number of barbiturate groups is 1. The van der Waals surface area contributed by atoms with Crippen LogP contribution in [-0.4, -0.2) is 65.7 Å². The highest BCUT2D eigenvalue weighted by Crippen LogP contribution is 2.40. The number of hydrogen-bond donors (Lipinski definition) is 4. The second kappa shape index (κ2) is 15.1. The largest absolute Gasteiger partial charge is 0.370 e. The summed E-state index contributed by atoms with van der Waals surface area (Å²) in [6, 6.07) is 18.7. The van der Waals surface area contributed by atoms with E-state index in [9.17, 15) is 23.2 Å². The van der Waals surface area contributed by atoms with Crippen molar-refractivity contribution in [2.24, 2.45) is 38.3 Å². The van der Waals surface area contributed by atoms with Crippen LogP contribution < -0.4 is 22.9 Å². The summed E-state index contributed by atoms with van der Waals surface area (Å²) in [5.41, 5.74) is 21.1. The fraction of sp³-hybridized carbons (Fsp3) is 0.306. The topological polar surface area (TPSA) is 186 Å². The highest BCUT2D eigenvalue weighted by molar-refractivity contribution is 6.19. The van der Waals surface area contributed by atoms with Crippen molar-refractivity contribution < 1.29 is 23.2 Å². The lowest BCUT2D eigenvalue weighted by molar-refractivity contribution is -0.159. The number of nitrogens with two attached hydrogens (primary N) is 4. The van der Waals surface area contributed by atoms with E-state index in [4.69, 9.17) is 22.9 Å². The zero-order chi connectivity index (χ0) is 35.1. The molecule has 1 aliphatic rings. The number of rotatable bonds is 14. The number of guanidine groups is 2. The Morgan fingerprint density at radius 3 is 1.35 bits per heavy atom. The summed E-state index contributed by atoms with van der Waals surface area (Å²) in [5.74, 6) is -2.39. The molecule has 0 atom stereocenters. The van der Waals surface area contributed by atoms with Crippen molar-refractivity contribution >= 4 is 51.3 Å². The second-order valence-electron chi connectivity index (χ2n) is 12.2. The van der Waals surface area contributed by atoms with Gasteiger partial charge < -0.3 is 22.9 Å². The number of fused-ring (bicyclic) bond motifs is 2. The summed E-state index contributed by atoms with van der Waals surface area (Å²) < 4.78 is 29.9. The molecular formula is C36H40F2N8O3. The molecule has 0 radical (unpaired) electrons. The minimum Gasteiger partial charge on any atom is -0.370 e. The summed E-state index contributed by atoms with van der Waals surface area (Å²) in [6.45, 7) is 0.595. The van der Waals surface area contributed by atoms with E-state index in [1.165, 1.54) is 12.1 Å². The Morgan fingerprint density at radius 2 is 0.959 bits per heavy atom. The third-order valence-electron chi connectivity index (χ3n) is 8.85. The first-order chi connectivity index (χ1) is 23.5. The third kappa shape index (κ3) is 7.45. The Hall–Kier alpha value is -5.59. The summed E-state index contributed by atoms with van der Waals surface area (Å²) in [4.78, 5) is 53.9. The third-order valence-corrected chi connectivity index (χ3v) is 8.85. The van der Waals surface area contributed by atoms with Crippen molar-refractivity contribution in [3.05, 3.63) is 95.6 Å². The molecule has 13 heteroatoms. The molecule has 0 aromatic heterocycles. The molecule has 0 unspecified atom stereocenters. The SMILES string of the molecule is NC(N)=NCCCCN1C(=O)N(CCCCN=C(N)N)C(=O)C(Cc2ccc(F)c3ccccc23)(Cc2ccc(F)c3ccccc23)C1=O. The van der Waals surface area contributed by atoms with Crippen LogP contribution in [0, 0.1) is 17.0 Å². The van der Waals surface area contributed by atoms with Crippen LogP contribution in [0.15, 0.2) is 82.8 Å². The van der Waals surface area contributed by atoms with Crippen LogP contribution in [0.3, 0.4) is 0 Å². The van der Waals surface area contributed by atoms with Crippen LogP contribution in [0.2, 0.25) is 0 Å². The Morgan fingerprint density at radius 1 is 0.571 bits per heavy atom. The lowest BCUT2D eigenvalue weighted by atomic mass is 9.71. The van der Waals surface area contributed by atoms with Gasteiger partial charge in [-0.15, -0.1) is 0 Å². The van der Waals surface area contributed by atoms with Crippen LogP contribution in [0.5, 0.6) is 0 Å². The number of carbonyl (C=O) groups is 3. The molecule has 1 fully saturated rings. The Balaban J connectivity index is 1.63. The summed E-state index contributed by atoms with van der Waals surface area (Å²) >= 11 is 0. The molecule has 1 aliphatic heterocycles. The quantitative estimate of drug-likeness (QED) is 0.0677. The summed E-state index contributed by atoms with van der Waals surface area (Å²) in [6.07, 6.45) is 1.41. The highest BCUT2D eigenvalue weighted by Gasteiger charge is 2.57. The number of benzene rings is 4. The van der Waals surface area contributed by atoms with E-state index in [0.29, 0.717) is 71.4 Å². The normalized spacial score (nSPS) is 14.4. The van der Waals surface area contributed by atoms with Crippen LogP contribution in [0.1, 0.15) is 36.8 Å². The fourth-order valence-corrected chi connectivity index (χ4v) is 6.47. The Kier molecular flexibility index (Phi) is 10.7. The molecule has 0 aliphatic carbocycles. The predicted molar refractivity (Wildman–Crippen MR) is 186 cm³/mol. The van der Waals surface area contributed by atoms with Gasteiger partial charge in [-0.05, 0) is 72.6 Å². The number of carbonyl (C=O) groups excluding carboxylic acids is 3. The van der Waals surface area contributed by atoms with Crippen LogP contribution >= 0.6 is 0 Å². The van der Waals surface area contributed by atoms with Crippen molar-refractivity contribution in [1.29, 1.82) is 0 Å². The molecule has 8 N–H and O–H groups in total. The lowest BCUT2D eigenvalue weighted by Crippen LogP contribution is -2.66. The Bertz CT molecular complexity index is 1800. The minimum atomic E-state index is -1.84. The van der Waals surface area contributed by atoms with Crippen LogP contribution in [0.25, 0.3) is 21.5 Å². The van der Waals surface area contributed by atoms with Gasteiger partial charge in [0.1, 0.15) is 17.0 Å². The molecule has 0 spiro atoms. The van der Waals surface area contributed by atoms with Gasteiger partial charge in [0.05, 0.1) is 0 Å². The molecule has 0 saturated carbocycles. The predicted octanol–water partition coefficient (Wildman–Crippen LogP) is 3.94. The zero-order valence-corrected chi connectivity index (χ0v) is 27.1. The lowest BCUT2D eigenvalue weighted by Gasteiger charge is -2.44. The average molecular weight is 671 g/mol. The Labute approximate surface area is 282 Å². The first-order valence-corrected chi connectivity index (χ1v) is 16.1. The van der Waals surface area contributed by atoms with Gasteiger partial charge in [0, 0.05) is 37.0 Å². The van der Waals surface area contributed by atoms with E-state index < -0.39 is 34.9 Å². The molecular weight excluding hydrogens is 630 g/mol. The number of nitrogens with zero attached hydrogens (tertiary/aromatic N) is 4. The molecule has 4 aromatic carbocycles. The smallest absolute Gasteiger partial charge is 0.333 e. The van der Waals surface area contributed by atoms with E-state index in [1.807, 2.05) is 0 Å². The standard InChI is InChI=1S/C36H40F2N8O3/c37-29-15-13-23(25-9-1-3-11-27(25)29)21-36(22-24-14-16-30(38)28-12-4-2-10-26(24)28)31(47)45(19-7-5-17-43-33(39)40)35(49)46(32(36)48)20-8-6-18-44-34(41)42/h1-4,9-16H,5-8,17-22H2,(H4,39,40,43)(H4,41,42,44). The molecule has 1 heterocycles. The van der Waals surface area contributed by atoms with E-state index >= 15 is 0 Å². The molecule has 49 heavy (non-hydrogen) atoms. The summed E-state index contributed by atoms with van der Waals surface area (Å²) in [7, 11) is 0. The van der Waals surface area contributed by atoms with Gasteiger partial charge in [-0.3, -0.25) is 29.4 Å². The minimum absolute atomic E-state index is 0.00548. The maximum atomic E-state index is 15.0. The van der Waals surface area contributed by atoms with Crippen molar-refractivity contribution in [2.45, 2.75) is 38.5 Å². The van der Waals surface area contributed by atoms with Crippen LogP contribution in [-0.2, 0) is 22.4 Å². The highest BCUT2D eigenvalue weighted by atomic mass is 19.1. The van der Waals surface area contributed by atoms with E-state index in [1.54, 1.807) is 60.7 Å². The van der Waals surface area contributed by atoms with E-state index in [2.05, 4.69) is 9.98 Å². The molecule has 5 rings (SSSR count). The molecule has 256 valence electrons. The number of amides is 4. The van der Waals surface area contributed by atoms with Crippen molar-refractivity contribution in [3.8, 4) is 0 Å². The van der Waals surface area contributed by atoms with Gasteiger partial charge in [-0.1, -0.05) is 60.7 Å². The monoisotopic (exact) mass is 670 g/mol. The van der Waals surface area contributed by atoms with E-state index in [0.717, 1.165) is 9.80 Å². The molecule has 4 aromatic rings. The molecule has 11 nitrogen and oxygen atoms in total. The van der Waals surface area contributed by atoms with Gasteiger partial charge in [0.2, 0.25) is 11.8 Å². The zero-order valence-electron chi connectivity index (χ0n) is 27.1. The first kappa shape index (κ1) is 34.7. The average Bonchev–Trinajstić information content (AvgIpc) is 3.08. The van der Waals surface area contributed by atoms with Gasteiger partial charge in [0.15, 0.2) is 11.9 Å². The van der Waals surface area contributed by atoms with Crippen molar-refractivity contribution in [2.75, 3.05) is 26.2 Å². The van der Waals surface area contributed by atoms with Gasteiger partial charge >= 0.3 is 6.03 Å². The maximum absolute atomic E-state index is 15.0. The van der Waals surface area contributed by atoms with E-state index in [-0.39, 0.29) is 37.9 Å². The van der Waals surface area contributed by atoms with Crippen LogP contribution in [0.4, 0.5) is 13.6 Å². The number of hydrogen-bond acceptors (Lipinski definition) is 5. The summed E-state index contributed by atoms with van der Waals surface area (Å²) in [5, 5.41) is 1.75. The number of imide groups is 2. The molecule has 0 bridgehead atoms. The number of aliphatic imine (C=N–C) groups is 2. The fourth-order valence-electron chi connectivity index (χ4n) is 6.47. The van der Waals surface area contributed by atoms with Gasteiger partial charge in [0.25, 0.3) is 0 Å². The van der Waals surface area contributed by atoms with Crippen molar-refractivity contribution in [3.63, 3.8) is 0 Å².